The predicted molar refractivity (Wildman–Crippen MR) is 63.9 cm³/mol. The van der Waals surface area contributed by atoms with Gasteiger partial charge < -0.3 is 10.0 Å². The summed E-state index contributed by atoms with van der Waals surface area (Å²) in [7, 11) is 0. The van der Waals surface area contributed by atoms with Gasteiger partial charge in [0.1, 0.15) is 0 Å². The second-order valence-electron chi connectivity index (χ2n) is 4.25. The molecule has 1 unspecified atom stereocenters. The summed E-state index contributed by atoms with van der Waals surface area (Å²) < 4.78 is 0. The number of hydrogen-bond acceptors (Lipinski definition) is 2. The van der Waals surface area contributed by atoms with E-state index in [9.17, 15) is 9.90 Å². The fraction of sp³-hybridized carbons (Fsp3) is 0.417. The van der Waals surface area contributed by atoms with Crippen molar-refractivity contribution in [3.8, 4) is 0 Å². The molecule has 1 amide bonds. The van der Waals surface area contributed by atoms with Crippen LogP contribution >= 0.6 is 11.6 Å². The van der Waals surface area contributed by atoms with Crippen LogP contribution in [0.4, 0.5) is 5.69 Å². The molecule has 1 aliphatic rings. The smallest absolute Gasteiger partial charge is 0.229 e. The van der Waals surface area contributed by atoms with Crippen LogP contribution in [0.25, 0.3) is 0 Å². The van der Waals surface area contributed by atoms with Gasteiger partial charge in [0, 0.05) is 10.7 Å². The number of benzene rings is 1. The van der Waals surface area contributed by atoms with E-state index in [4.69, 9.17) is 11.6 Å². The predicted octanol–water partition coefficient (Wildman–Crippen LogP) is 2.05. The van der Waals surface area contributed by atoms with Crippen LogP contribution in [0.3, 0.4) is 0 Å². The zero-order chi connectivity index (χ0) is 11.9. The number of amides is 1. The number of β-amino-alcohol motifs (C(OH)–C–C–N with tert-alkyl or cyclic N) is 1. The van der Waals surface area contributed by atoms with Gasteiger partial charge in [-0.25, -0.2) is 0 Å². The zero-order valence-corrected chi connectivity index (χ0v) is 10.1. The van der Waals surface area contributed by atoms with Crippen LogP contribution in [-0.4, -0.2) is 23.7 Å². The number of aliphatic hydroxyl groups is 1. The number of nitrogens with zero attached hydrogens (tertiary/aromatic N) is 1. The molecule has 1 aromatic carbocycles. The van der Waals surface area contributed by atoms with Gasteiger partial charge in [-0.1, -0.05) is 11.6 Å². The molecule has 1 fully saturated rings. The van der Waals surface area contributed by atoms with Crippen molar-refractivity contribution >= 4 is 23.2 Å². The first-order valence-corrected chi connectivity index (χ1v) is 5.62. The van der Waals surface area contributed by atoms with Crippen LogP contribution in [-0.2, 0) is 4.79 Å². The van der Waals surface area contributed by atoms with Gasteiger partial charge in [-0.3, -0.25) is 4.79 Å². The van der Waals surface area contributed by atoms with E-state index in [2.05, 4.69) is 0 Å². The molecule has 0 bridgehead atoms. The normalized spacial score (nSPS) is 20.6. The van der Waals surface area contributed by atoms with Crippen molar-refractivity contribution < 1.29 is 9.90 Å². The van der Waals surface area contributed by atoms with E-state index in [0.29, 0.717) is 11.6 Å². The van der Waals surface area contributed by atoms with Crippen LogP contribution in [0, 0.1) is 13.8 Å². The van der Waals surface area contributed by atoms with E-state index in [0.717, 1.165) is 16.8 Å². The Morgan fingerprint density at radius 3 is 2.62 bits per heavy atom. The molecule has 16 heavy (non-hydrogen) atoms. The summed E-state index contributed by atoms with van der Waals surface area (Å²) in [6.45, 7) is 4.20. The molecule has 3 nitrogen and oxygen atoms in total. The Morgan fingerprint density at radius 1 is 1.38 bits per heavy atom. The van der Waals surface area contributed by atoms with E-state index in [1.54, 1.807) is 4.90 Å². The summed E-state index contributed by atoms with van der Waals surface area (Å²) in [5.41, 5.74) is 2.75. The van der Waals surface area contributed by atoms with Gasteiger partial charge in [0.2, 0.25) is 5.91 Å². The first kappa shape index (κ1) is 11.4. The van der Waals surface area contributed by atoms with E-state index in [1.807, 2.05) is 26.0 Å². The number of carbonyl (C=O) groups excluding carboxylic acids is 1. The van der Waals surface area contributed by atoms with Gasteiger partial charge in [-0.05, 0) is 37.1 Å². The molecule has 0 aliphatic carbocycles. The number of anilines is 1. The zero-order valence-electron chi connectivity index (χ0n) is 9.33. The average molecular weight is 240 g/mol. The van der Waals surface area contributed by atoms with Crippen molar-refractivity contribution in [1.82, 2.24) is 0 Å². The SMILES string of the molecule is Cc1cc(N2CC(O)CC2=O)c(C)cc1Cl. The summed E-state index contributed by atoms with van der Waals surface area (Å²) in [6.07, 6.45) is -0.343. The Bertz CT molecular complexity index is 445. The Balaban J connectivity index is 2.41. The second-order valence-corrected chi connectivity index (χ2v) is 4.66. The molecule has 1 aliphatic heterocycles. The summed E-state index contributed by atoms with van der Waals surface area (Å²) in [5.74, 6) is -0.0303. The van der Waals surface area contributed by atoms with Gasteiger partial charge in [-0.2, -0.15) is 0 Å². The third-order valence-corrected chi connectivity index (χ3v) is 3.28. The number of aliphatic hydroxyl groups excluding tert-OH is 1. The molecular weight excluding hydrogens is 226 g/mol. The molecule has 0 saturated carbocycles. The molecule has 0 spiro atoms. The lowest BCUT2D eigenvalue weighted by Crippen LogP contribution is -2.26. The van der Waals surface area contributed by atoms with Crippen LogP contribution in [0.5, 0.6) is 0 Å². The number of hydrogen-bond donors (Lipinski definition) is 1. The third-order valence-electron chi connectivity index (χ3n) is 2.87. The standard InChI is InChI=1S/C12H14ClNO2/c1-7-4-11(8(2)3-10(7)13)14-6-9(15)5-12(14)16/h3-4,9,15H,5-6H2,1-2H3. The minimum Gasteiger partial charge on any atom is -0.391 e. The minimum atomic E-state index is -0.553. The molecule has 0 aromatic heterocycles. The molecule has 0 radical (unpaired) electrons. The first-order chi connectivity index (χ1) is 7.49. The van der Waals surface area contributed by atoms with Crippen molar-refractivity contribution in [3.05, 3.63) is 28.3 Å². The Labute approximate surface area is 99.6 Å². The number of rotatable bonds is 1. The van der Waals surface area contributed by atoms with Gasteiger partial charge in [0.05, 0.1) is 19.1 Å². The highest BCUT2D eigenvalue weighted by atomic mass is 35.5. The maximum Gasteiger partial charge on any atom is 0.229 e. The van der Waals surface area contributed by atoms with E-state index < -0.39 is 6.10 Å². The Morgan fingerprint density at radius 2 is 2.06 bits per heavy atom. The highest BCUT2D eigenvalue weighted by molar-refractivity contribution is 6.31. The Kier molecular flexibility index (Phi) is 2.91. The minimum absolute atomic E-state index is 0.0303. The van der Waals surface area contributed by atoms with Gasteiger partial charge in [0.15, 0.2) is 0 Å². The topological polar surface area (TPSA) is 40.5 Å². The van der Waals surface area contributed by atoms with E-state index in [1.165, 1.54) is 0 Å². The molecule has 1 atom stereocenters. The van der Waals surface area contributed by atoms with Crippen molar-refractivity contribution in [3.63, 3.8) is 0 Å². The molecule has 2 rings (SSSR count). The third kappa shape index (κ3) is 1.93. The van der Waals surface area contributed by atoms with Crippen molar-refractivity contribution in [2.75, 3.05) is 11.4 Å². The van der Waals surface area contributed by atoms with Gasteiger partial charge in [0.25, 0.3) is 0 Å². The molecule has 1 N–H and O–H groups in total. The quantitative estimate of drug-likeness (QED) is 0.815. The molecular formula is C12H14ClNO2. The number of carbonyl (C=O) groups is 1. The van der Waals surface area contributed by atoms with Crippen molar-refractivity contribution in [1.29, 1.82) is 0 Å². The largest absolute Gasteiger partial charge is 0.391 e. The van der Waals surface area contributed by atoms with Crippen LogP contribution in [0.15, 0.2) is 12.1 Å². The highest BCUT2D eigenvalue weighted by Crippen LogP contribution is 2.29. The maximum atomic E-state index is 11.7. The summed E-state index contributed by atoms with van der Waals surface area (Å²) in [4.78, 5) is 13.3. The lowest BCUT2D eigenvalue weighted by atomic mass is 10.1. The Hall–Kier alpha value is -1.06. The van der Waals surface area contributed by atoms with Crippen LogP contribution < -0.4 is 4.90 Å². The van der Waals surface area contributed by atoms with E-state index >= 15 is 0 Å². The molecule has 86 valence electrons. The number of aryl methyl sites for hydroxylation is 2. The van der Waals surface area contributed by atoms with Crippen LogP contribution in [0.1, 0.15) is 17.5 Å². The average Bonchev–Trinajstić information content (AvgIpc) is 2.51. The summed E-state index contributed by atoms with van der Waals surface area (Å²) in [6, 6.07) is 3.75. The lowest BCUT2D eigenvalue weighted by Gasteiger charge is -2.19. The van der Waals surface area contributed by atoms with Gasteiger partial charge >= 0.3 is 0 Å². The molecule has 1 saturated heterocycles. The second kappa shape index (κ2) is 4.07. The highest BCUT2D eigenvalue weighted by Gasteiger charge is 2.30. The first-order valence-electron chi connectivity index (χ1n) is 5.24. The fourth-order valence-corrected chi connectivity index (χ4v) is 2.20. The van der Waals surface area contributed by atoms with Crippen LogP contribution in [0.2, 0.25) is 5.02 Å². The van der Waals surface area contributed by atoms with Gasteiger partial charge in [-0.15, -0.1) is 0 Å². The molecule has 1 aromatic rings. The molecule has 4 heteroatoms. The fourth-order valence-electron chi connectivity index (χ4n) is 1.98. The lowest BCUT2D eigenvalue weighted by molar-refractivity contribution is -0.117. The maximum absolute atomic E-state index is 11.7. The summed E-state index contributed by atoms with van der Waals surface area (Å²) >= 11 is 6.00. The summed E-state index contributed by atoms with van der Waals surface area (Å²) in [5, 5.41) is 10.2. The molecule has 1 heterocycles. The monoisotopic (exact) mass is 239 g/mol. The van der Waals surface area contributed by atoms with E-state index in [-0.39, 0.29) is 12.3 Å². The number of halogens is 1. The van der Waals surface area contributed by atoms with Crippen molar-refractivity contribution in [2.24, 2.45) is 0 Å². The van der Waals surface area contributed by atoms with Crippen molar-refractivity contribution in [2.45, 2.75) is 26.4 Å².